The third-order valence-corrected chi connectivity index (χ3v) is 4.55. The molecule has 0 heterocycles. The van der Waals surface area contributed by atoms with E-state index in [0.29, 0.717) is 24.4 Å². The molecule has 1 aliphatic rings. The zero-order valence-corrected chi connectivity index (χ0v) is 13.6. The SMILES string of the molecule is CCC1C(O)CC1c1ccc(OCCC(C)C)c(OC)c1. The molecule has 3 nitrogen and oxygen atoms in total. The number of methoxy groups -OCH3 is 1. The fraction of sp³-hybridized carbons (Fsp3) is 0.667. The highest BCUT2D eigenvalue weighted by Crippen LogP contribution is 2.46. The van der Waals surface area contributed by atoms with Gasteiger partial charge in [0.1, 0.15) is 0 Å². The highest BCUT2D eigenvalue weighted by molar-refractivity contribution is 5.44. The summed E-state index contributed by atoms with van der Waals surface area (Å²) in [5.41, 5.74) is 1.25. The molecule has 0 saturated heterocycles. The van der Waals surface area contributed by atoms with E-state index in [2.05, 4.69) is 32.9 Å². The van der Waals surface area contributed by atoms with E-state index in [-0.39, 0.29) is 6.10 Å². The van der Waals surface area contributed by atoms with Gasteiger partial charge in [-0.15, -0.1) is 0 Å². The van der Waals surface area contributed by atoms with E-state index < -0.39 is 0 Å². The average Bonchev–Trinajstić information content (AvgIpc) is 2.45. The first-order valence-corrected chi connectivity index (χ1v) is 8.05. The number of hydrogen-bond donors (Lipinski definition) is 1. The van der Waals surface area contributed by atoms with E-state index in [0.717, 1.165) is 30.8 Å². The van der Waals surface area contributed by atoms with Crippen LogP contribution >= 0.6 is 0 Å². The van der Waals surface area contributed by atoms with Crippen molar-refractivity contribution in [3.05, 3.63) is 23.8 Å². The van der Waals surface area contributed by atoms with Gasteiger partial charge in [0.05, 0.1) is 19.8 Å². The van der Waals surface area contributed by atoms with Gasteiger partial charge >= 0.3 is 0 Å². The number of benzene rings is 1. The number of rotatable bonds is 7. The van der Waals surface area contributed by atoms with Crippen molar-refractivity contribution in [3.63, 3.8) is 0 Å². The minimum absolute atomic E-state index is 0.145. The second-order valence-electron chi connectivity index (χ2n) is 6.42. The zero-order valence-electron chi connectivity index (χ0n) is 13.6. The lowest BCUT2D eigenvalue weighted by Crippen LogP contribution is -2.39. The van der Waals surface area contributed by atoms with Gasteiger partial charge in [0.2, 0.25) is 0 Å². The van der Waals surface area contributed by atoms with Gasteiger partial charge in [0, 0.05) is 0 Å². The molecule has 3 atom stereocenters. The van der Waals surface area contributed by atoms with Gasteiger partial charge in [-0.05, 0) is 48.3 Å². The van der Waals surface area contributed by atoms with E-state index in [1.54, 1.807) is 7.11 Å². The van der Waals surface area contributed by atoms with Crippen molar-refractivity contribution in [1.29, 1.82) is 0 Å². The summed E-state index contributed by atoms with van der Waals surface area (Å²) in [4.78, 5) is 0. The monoisotopic (exact) mass is 292 g/mol. The van der Waals surface area contributed by atoms with Crippen LogP contribution in [0, 0.1) is 11.8 Å². The quantitative estimate of drug-likeness (QED) is 0.825. The first-order valence-electron chi connectivity index (χ1n) is 8.05. The predicted octanol–water partition coefficient (Wildman–Crippen LogP) is 3.99. The van der Waals surface area contributed by atoms with Crippen LogP contribution in [-0.2, 0) is 0 Å². The van der Waals surface area contributed by atoms with Gasteiger partial charge in [-0.2, -0.15) is 0 Å². The third-order valence-electron chi connectivity index (χ3n) is 4.55. The van der Waals surface area contributed by atoms with Crippen molar-refractivity contribution in [2.45, 2.75) is 52.1 Å². The summed E-state index contributed by atoms with van der Waals surface area (Å²) in [5.74, 6) is 3.07. The van der Waals surface area contributed by atoms with E-state index >= 15 is 0 Å². The van der Waals surface area contributed by atoms with E-state index in [4.69, 9.17) is 9.47 Å². The number of aliphatic hydroxyl groups is 1. The Labute approximate surface area is 128 Å². The molecule has 118 valence electrons. The molecule has 1 saturated carbocycles. The number of ether oxygens (including phenoxy) is 2. The Morgan fingerprint density at radius 2 is 2.05 bits per heavy atom. The molecule has 1 fully saturated rings. The minimum Gasteiger partial charge on any atom is -0.493 e. The van der Waals surface area contributed by atoms with Gasteiger partial charge < -0.3 is 14.6 Å². The Bertz CT molecular complexity index is 456. The molecule has 0 radical (unpaired) electrons. The second-order valence-corrected chi connectivity index (χ2v) is 6.42. The molecule has 0 aliphatic heterocycles. The van der Waals surface area contributed by atoms with E-state index in [1.807, 2.05) is 6.07 Å². The van der Waals surface area contributed by atoms with Crippen LogP contribution in [0.2, 0.25) is 0 Å². The van der Waals surface area contributed by atoms with Crippen molar-refractivity contribution in [2.75, 3.05) is 13.7 Å². The predicted molar refractivity (Wildman–Crippen MR) is 85.1 cm³/mol. The Morgan fingerprint density at radius 1 is 1.29 bits per heavy atom. The zero-order chi connectivity index (χ0) is 15.4. The summed E-state index contributed by atoms with van der Waals surface area (Å²) in [6, 6.07) is 6.20. The third kappa shape index (κ3) is 3.70. The van der Waals surface area contributed by atoms with Crippen LogP contribution < -0.4 is 9.47 Å². The summed E-state index contributed by atoms with van der Waals surface area (Å²) in [7, 11) is 1.68. The summed E-state index contributed by atoms with van der Waals surface area (Å²) in [6.07, 6.45) is 2.76. The molecule has 1 N–H and O–H groups in total. The Hall–Kier alpha value is -1.22. The lowest BCUT2D eigenvalue weighted by molar-refractivity contribution is -0.000802. The molecule has 3 heteroatoms. The van der Waals surface area contributed by atoms with Crippen LogP contribution in [0.3, 0.4) is 0 Å². The molecule has 1 aromatic carbocycles. The average molecular weight is 292 g/mol. The highest BCUT2D eigenvalue weighted by Gasteiger charge is 2.39. The Balaban J connectivity index is 2.06. The first-order chi connectivity index (χ1) is 10.1. The van der Waals surface area contributed by atoms with Crippen LogP contribution in [0.15, 0.2) is 18.2 Å². The maximum atomic E-state index is 9.83. The van der Waals surface area contributed by atoms with Crippen molar-refractivity contribution in [3.8, 4) is 11.5 Å². The topological polar surface area (TPSA) is 38.7 Å². The summed E-state index contributed by atoms with van der Waals surface area (Å²) in [5, 5.41) is 9.83. The normalized spacial score (nSPS) is 24.8. The van der Waals surface area contributed by atoms with Crippen molar-refractivity contribution < 1.29 is 14.6 Å². The van der Waals surface area contributed by atoms with Gasteiger partial charge in [0.15, 0.2) is 11.5 Å². The number of aliphatic hydroxyl groups excluding tert-OH is 1. The van der Waals surface area contributed by atoms with Crippen LogP contribution in [0.25, 0.3) is 0 Å². The van der Waals surface area contributed by atoms with Gasteiger partial charge in [-0.1, -0.05) is 33.3 Å². The lowest BCUT2D eigenvalue weighted by Gasteiger charge is -2.41. The largest absolute Gasteiger partial charge is 0.493 e. The molecule has 1 aromatic rings. The van der Waals surface area contributed by atoms with Gasteiger partial charge in [0.25, 0.3) is 0 Å². The van der Waals surface area contributed by atoms with Crippen LogP contribution in [0.5, 0.6) is 11.5 Å². The molecule has 21 heavy (non-hydrogen) atoms. The fourth-order valence-corrected chi connectivity index (χ4v) is 3.06. The molecule has 2 rings (SSSR count). The lowest BCUT2D eigenvalue weighted by atomic mass is 9.66. The fourth-order valence-electron chi connectivity index (χ4n) is 3.06. The number of hydrogen-bond acceptors (Lipinski definition) is 3. The molecule has 0 spiro atoms. The molecule has 3 unspecified atom stereocenters. The van der Waals surface area contributed by atoms with Crippen LogP contribution in [-0.4, -0.2) is 24.9 Å². The highest BCUT2D eigenvalue weighted by atomic mass is 16.5. The maximum Gasteiger partial charge on any atom is 0.161 e. The van der Waals surface area contributed by atoms with E-state index in [1.165, 1.54) is 5.56 Å². The minimum atomic E-state index is -0.145. The first kappa shape index (κ1) is 16.2. The van der Waals surface area contributed by atoms with Crippen molar-refractivity contribution in [2.24, 2.45) is 11.8 Å². The Morgan fingerprint density at radius 3 is 2.62 bits per heavy atom. The summed E-state index contributed by atoms with van der Waals surface area (Å²) >= 11 is 0. The second kappa shape index (κ2) is 7.17. The summed E-state index contributed by atoms with van der Waals surface area (Å²) in [6.45, 7) is 7.24. The molecule has 1 aliphatic carbocycles. The van der Waals surface area contributed by atoms with Crippen molar-refractivity contribution in [1.82, 2.24) is 0 Å². The van der Waals surface area contributed by atoms with Crippen LogP contribution in [0.4, 0.5) is 0 Å². The van der Waals surface area contributed by atoms with Gasteiger partial charge in [-0.3, -0.25) is 0 Å². The molecule has 0 bridgehead atoms. The Kier molecular flexibility index (Phi) is 5.51. The van der Waals surface area contributed by atoms with Gasteiger partial charge in [-0.25, -0.2) is 0 Å². The standard InChI is InChI=1S/C18H28O3/c1-5-14-15(11-16(14)19)13-6-7-17(18(10-13)20-4)21-9-8-12(2)3/h6-7,10,12,14-16,19H,5,8-9,11H2,1-4H3. The summed E-state index contributed by atoms with van der Waals surface area (Å²) < 4.78 is 11.3. The molecular weight excluding hydrogens is 264 g/mol. The molecule has 0 aromatic heterocycles. The van der Waals surface area contributed by atoms with Crippen LogP contribution in [0.1, 0.15) is 51.5 Å². The van der Waals surface area contributed by atoms with E-state index in [9.17, 15) is 5.11 Å². The molecule has 0 amide bonds. The smallest absolute Gasteiger partial charge is 0.161 e. The maximum absolute atomic E-state index is 9.83. The molecular formula is C18H28O3. The van der Waals surface area contributed by atoms with Crippen molar-refractivity contribution >= 4 is 0 Å².